The number of nitrogens with one attached hydrogen (secondary N) is 1. The molecule has 0 radical (unpaired) electrons. The van der Waals surface area contributed by atoms with Crippen LogP contribution in [0.2, 0.25) is 0 Å². The molecule has 1 aliphatic heterocycles. The van der Waals surface area contributed by atoms with E-state index in [2.05, 4.69) is 66.6 Å². The third-order valence-corrected chi connectivity index (χ3v) is 7.06. The van der Waals surface area contributed by atoms with Crippen LogP contribution in [0.1, 0.15) is 49.4 Å². The first-order chi connectivity index (χ1) is 17.0. The number of rotatable bonds is 4. The van der Waals surface area contributed by atoms with Crippen LogP contribution in [-0.2, 0) is 11.4 Å². The molecule has 4 nitrogen and oxygen atoms in total. The van der Waals surface area contributed by atoms with Gasteiger partial charge in [0, 0.05) is 34.8 Å². The van der Waals surface area contributed by atoms with E-state index in [9.17, 15) is 4.79 Å². The van der Waals surface area contributed by atoms with Crippen molar-refractivity contribution in [3.05, 3.63) is 107 Å². The Morgan fingerprint density at radius 3 is 2.54 bits per heavy atom. The predicted molar refractivity (Wildman–Crippen MR) is 140 cm³/mol. The van der Waals surface area contributed by atoms with Crippen molar-refractivity contribution in [3.8, 4) is 5.75 Å². The van der Waals surface area contributed by atoms with Crippen molar-refractivity contribution >= 4 is 27.9 Å². The number of Topliss-reactive ketones (excluding diaryl/α,β-unsaturated/α-hetero) is 1. The Hall–Kier alpha value is -3.92. The van der Waals surface area contributed by atoms with Crippen LogP contribution in [0.25, 0.3) is 16.5 Å². The molecule has 174 valence electrons. The standard InChI is InChI=1S/C31H28N2O2/c1-31(2)17-24-28-23-9-6-16-32-25(23)14-15-26(28)33-30(29(24)27(34)18-31)21-10-12-22(13-11-21)35-19-20-7-4-3-5-8-20/h3-16,30,33H,17-19H2,1-2H3/t30-/m1/s1. The zero-order valence-corrected chi connectivity index (χ0v) is 20.0. The molecule has 1 aromatic heterocycles. The van der Waals surface area contributed by atoms with Gasteiger partial charge in [-0.3, -0.25) is 9.78 Å². The number of hydrogen-bond acceptors (Lipinski definition) is 4. The molecule has 35 heavy (non-hydrogen) atoms. The Morgan fingerprint density at radius 1 is 0.943 bits per heavy atom. The molecule has 0 fully saturated rings. The minimum Gasteiger partial charge on any atom is -0.489 e. The zero-order chi connectivity index (χ0) is 24.0. The van der Waals surface area contributed by atoms with E-state index >= 15 is 0 Å². The summed E-state index contributed by atoms with van der Waals surface area (Å²) in [6, 6.07) is 26.3. The van der Waals surface area contributed by atoms with E-state index in [4.69, 9.17) is 4.74 Å². The SMILES string of the molecule is CC1(C)CC(=O)C2=C(C1)c1c(ccc3ncccc13)N[C@@H]2c1ccc(OCc2ccccc2)cc1. The third kappa shape index (κ3) is 3.99. The molecule has 0 spiro atoms. The van der Waals surface area contributed by atoms with Gasteiger partial charge in [-0.15, -0.1) is 0 Å². The van der Waals surface area contributed by atoms with E-state index in [0.29, 0.717) is 13.0 Å². The second kappa shape index (κ2) is 8.38. The maximum Gasteiger partial charge on any atom is 0.162 e. The summed E-state index contributed by atoms with van der Waals surface area (Å²) in [6.07, 6.45) is 3.24. The lowest BCUT2D eigenvalue weighted by molar-refractivity contribution is -0.118. The highest BCUT2D eigenvalue weighted by Crippen LogP contribution is 2.51. The van der Waals surface area contributed by atoms with Gasteiger partial charge in [0.05, 0.1) is 11.6 Å². The van der Waals surface area contributed by atoms with Crippen molar-refractivity contribution in [2.24, 2.45) is 5.41 Å². The van der Waals surface area contributed by atoms with Crippen LogP contribution in [0, 0.1) is 5.41 Å². The smallest absolute Gasteiger partial charge is 0.162 e. The molecule has 1 aliphatic carbocycles. The van der Waals surface area contributed by atoms with Gasteiger partial charge in [0.25, 0.3) is 0 Å². The Balaban J connectivity index is 1.39. The van der Waals surface area contributed by atoms with Crippen molar-refractivity contribution in [3.63, 3.8) is 0 Å². The summed E-state index contributed by atoms with van der Waals surface area (Å²) >= 11 is 0. The van der Waals surface area contributed by atoms with Gasteiger partial charge in [-0.25, -0.2) is 0 Å². The first-order valence-corrected chi connectivity index (χ1v) is 12.2. The fraction of sp³-hybridized carbons (Fsp3) is 0.226. The van der Waals surface area contributed by atoms with E-state index in [1.54, 1.807) is 0 Å². The van der Waals surface area contributed by atoms with Gasteiger partial charge in [-0.1, -0.05) is 62.4 Å². The van der Waals surface area contributed by atoms with Gasteiger partial charge in [-0.05, 0) is 58.9 Å². The van der Waals surface area contributed by atoms with Crippen LogP contribution in [0.5, 0.6) is 5.75 Å². The summed E-state index contributed by atoms with van der Waals surface area (Å²) in [6.45, 7) is 4.90. The number of benzene rings is 3. The Labute approximate surface area is 205 Å². The molecule has 0 bridgehead atoms. The summed E-state index contributed by atoms with van der Waals surface area (Å²) in [7, 11) is 0. The third-order valence-electron chi connectivity index (χ3n) is 7.06. The second-order valence-corrected chi connectivity index (χ2v) is 10.3. The lowest BCUT2D eigenvalue weighted by atomic mass is 9.68. The monoisotopic (exact) mass is 460 g/mol. The number of pyridine rings is 1. The van der Waals surface area contributed by atoms with Gasteiger partial charge in [-0.2, -0.15) is 0 Å². The largest absolute Gasteiger partial charge is 0.489 e. The molecule has 3 aromatic carbocycles. The zero-order valence-electron chi connectivity index (χ0n) is 20.0. The van der Waals surface area contributed by atoms with Crippen molar-refractivity contribution in [1.29, 1.82) is 0 Å². The predicted octanol–water partition coefficient (Wildman–Crippen LogP) is 7.12. The van der Waals surface area contributed by atoms with Gasteiger partial charge >= 0.3 is 0 Å². The summed E-state index contributed by atoms with van der Waals surface area (Å²) in [5.74, 6) is 1.04. The fourth-order valence-electron chi connectivity index (χ4n) is 5.47. The van der Waals surface area contributed by atoms with E-state index in [1.165, 1.54) is 0 Å². The number of ketones is 1. The number of aromatic nitrogens is 1. The van der Waals surface area contributed by atoms with Crippen LogP contribution in [0.4, 0.5) is 5.69 Å². The number of fused-ring (bicyclic) bond motifs is 4. The van der Waals surface area contributed by atoms with E-state index in [1.807, 2.05) is 42.6 Å². The van der Waals surface area contributed by atoms with Crippen LogP contribution in [0.15, 0.2) is 90.6 Å². The molecular weight excluding hydrogens is 432 g/mol. The van der Waals surface area contributed by atoms with Gasteiger partial charge in [0.2, 0.25) is 0 Å². The van der Waals surface area contributed by atoms with E-state index < -0.39 is 0 Å². The molecule has 6 rings (SSSR count). The van der Waals surface area contributed by atoms with Crippen molar-refractivity contribution in [2.45, 2.75) is 39.3 Å². The molecule has 1 N–H and O–H groups in total. The number of ether oxygens (including phenoxy) is 1. The van der Waals surface area contributed by atoms with Crippen molar-refractivity contribution in [2.75, 3.05) is 5.32 Å². The normalized spacial score (nSPS) is 18.6. The van der Waals surface area contributed by atoms with E-state index in [0.717, 1.165) is 56.6 Å². The van der Waals surface area contributed by atoms with Gasteiger partial charge in [0.15, 0.2) is 5.78 Å². The number of carbonyl (C=O) groups excluding carboxylic acids is 1. The highest BCUT2D eigenvalue weighted by Gasteiger charge is 2.40. The number of hydrogen-bond donors (Lipinski definition) is 1. The molecule has 0 saturated heterocycles. The summed E-state index contributed by atoms with van der Waals surface area (Å²) in [4.78, 5) is 18.1. The van der Waals surface area contributed by atoms with Gasteiger partial charge < -0.3 is 10.1 Å². The number of anilines is 1. The summed E-state index contributed by atoms with van der Waals surface area (Å²) < 4.78 is 5.99. The maximum absolute atomic E-state index is 13.6. The molecule has 4 heteroatoms. The topological polar surface area (TPSA) is 51.2 Å². The molecule has 0 saturated carbocycles. The van der Waals surface area contributed by atoms with Gasteiger partial charge in [0.1, 0.15) is 12.4 Å². The van der Waals surface area contributed by atoms with Crippen LogP contribution >= 0.6 is 0 Å². The quantitative estimate of drug-likeness (QED) is 0.352. The maximum atomic E-state index is 13.6. The molecule has 4 aromatic rings. The lowest BCUT2D eigenvalue weighted by Crippen LogP contribution is -2.33. The minimum absolute atomic E-state index is 0.0748. The molecular formula is C31H28N2O2. The Morgan fingerprint density at radius 2 is 1.74 bits per heavy atom. The van der Waals surface area contributed by atoms with Crippen LogP contribution in [-0.4, -0.2) is 10.8 Å². The number of carbonyl (C=O) groups is 1. The average Bonchev–Trinajstić information content (AvgIpc) is 2.87. The second-order valence-electron chi connectivity index (χ2n) is 10.3. The highest BCUT2D eigenvalue weighted by atomic mass is 16.5. The fourth-order valence-corrected chi connectivity index (χ4v) is 5.47. The van der Waals surface area contributed by atoms with Crippen LogP contribution < -0.4 is 10.1 Å². The first-order valence-electron chi connectivity index (χ1n) is 12.2. The first kappa shape index (κ1) is 21.6. The molecule has 2 heterocycles. The number of nitrogens with zero attached hydrogens (tertiary/aromatic N) is 1. The minimum atomic E-state index is -0.182. The Kier molecular flexibility index (Phi) is 5.18. The lowest BCUT2D eigenvalue weighted by Gasteiger charge is -2.40. The number of allylic oxidation sites excluding steroid dienone is 1. The van der Waals surface area contributed by atoms with Crippen molar-refractivity contribution < 1.29 is 9.53 Å². The van der Waals surface area contributed by atoms with E-state index in [-0.39, 0.29) is 17.2 Å². The average molecular weight is 461 g/mol. The Bertz CT molecular complexity index is 1450. The van der Waals surface area contributed by atoms with Crippen LogP contribution in [0.3, 0.4) is 0 Å². The molecule has 2 aliphatic rings. The molecule has 1 atom stereocenters. The summed E-state index contributed by atoms with van der Waals surface area (Å²) in [5.41, 5.74) is 7.32. The van der Waals surface area contributed by atoms with Crippen molar-refractivity contribution in [1.82, 2.24) is 4.98 Å². The molecule has 0 unspecified atom stereocenters. The highest BCUT2D eigenvalue weighted by molar-refractivity contribution is 6.12. The summed E-state index contributed by atoms with van der Waals surface area (Å²) in [5, 5.41) is 4.79. The molecule has 0 amide bonds.